The lowest BCUT2D eigenvalue weighted by atomic mass is 10.1. The third kappa shape index (κ3) is 3.69. The van der Waals surface area contributed by atoms with Gasteiger partial charge in [0.15, 0.2) is 11.6 Å². The molecule has 2 aromatic heterocycles. The second-order valence-electron chi connectivity index (χ2n) is 6.25. The van der Waals surface area contributed by atoms with E-state index >= 15 is 0 Å². The molecule has 0 spiro atoms. The van der Waals surface area contributed by atoms with Crippen LogP contribution in [0.4, 0.5) is 8.78 Å². The van der Waals surface area contributed by atoms with Crippen LogP contribution in [0.15, 0.2) is 71.1 Å². The van der Waals surface area contributed by atoms with E-state index in [0.29, 0.717) is 22.9 Å². The van der Waals surface area contributed by atoms with E-state index < -0.39 is 6.01 Å². The molecular formula is C21H15BF2N2O2. The molecule has 0 fully saturated rings. The van der Waals surface area contributed by atoms with E-state index in [1.54, 1.807) is 30.3 Å². The smallest absolute Gasteiger partial charge is 0.335 e. The summed E-state index contributed by atoms with van der Waals surface area (Å²) in [6.07, 6.45) is 0. The lowest BCUT2D eigenvalue weighted by molar-refractivity contribution is -0.0969. The molecule has 28 heavy (non-hydrogen) atoms. The number of benzene rings is 2. The van der Waals surface area contributed by atoms with E-state index in [0.717, 1.165) is 17.0 Å². The fraction of sp³-hybridized carbons (Fsp3) is 0.0952. The van der Waals surface area contributed by atoms with E-state index in [9.17, 15) is 8.78 Å². The molecule has 2 aromatic carbocycles. The average Bonchev–Trinajstić information content (AvgIpc) is 3.28. The summed E-state index contributed by atoms with van der Waals surface area (Å²) in [5.41, 5.74) is 3.06. The molecule has 0 aliphatic carbocycles. The summed E-state index contributed by atoms with van der Waals surface area (Å²) in [4.78, 5) is 7.82. The average molecular weight is 376 g/mol. The third-order valence-corrected chi connectivity index (χ3v) is 4.17. The van der Waals surface area contributed by atoms with Gasteiger partial charge in [0.2, 0.25) is 7.85 Å². The van der Waals surface area contributed by atoms with Crippen LogP contribution in [0.1, 0.15) is 5.69 Å². The molecule has 2 heterocycles. The van der Waals surface area contributed by atoms with Gasteiger partial charge in [-0.3, -0.25) is 0 Å². The first-order valence-electron chi connectivity index (χ1n) is 8.58. The van der Waals surface area contributed by atoms with Gasteiger partial charge < -0.3 is 14.1 Å². The predicted molar refractivity (Wildman–Crippen MR) is 103 cm³/mol. The van der Waals surface area contributed by atoms with Gasteiger partial charge in [0.25, 0.3) is 0 Å². The number of para-hydroxylation sites is 1. The Hall–Kier alpha value is -3.35. The summed E-state index contributed by atoms with van der Waals surface area (Å²) in [6.45, 7) is 1.93. The van der Waals surface area contributed by atoms with Crippen LogP contribution < -0.4 is 4.74 Å². The molecule has 0 amide bonds. The number of ether oxygens (including phenoxy) is 1. The molecule has 0 saturated carbocycles. The standard InChI is InChI=1S/C21H15BF2N2O2/c1-13-19(14-7-3-2-4-8-14)26-20(25-13)18-12-11-16(27-18)15-9-5-6-10-17(15)28-21(22,23)24/h2-12H,1H3,(H,25,26). The number of hydrogen-bond acceptors (Lipinski definition) is 3. The van der Waals surface area contributed by atoms with Crippen LogP contribution in [0.5, 0.6) is 5.75 Å². The number of aromatic nitrogens is 2. The van der Waals surface area contributed by atoms with Gasteiger partial charge in [0.05, 0.1) is 11.3 Å². The number of aryl methyl sites for hydroxylation is 1. The number of H-pyrrole nitrogens is 1. The molecule has 138 valence electrons. The third-order valence-electron chi connectivity index (χ3n) is 4.17. The Kier molecular flexibility index (Phi) is 4.51. The minimum absolute atomic E-state index is 0.0727. The zero-order valence-corrected chi connectivity index (χ0v) is 14.9. The number of hydrogen-bond donors (Lipinski definition) is 1. The maximum absolute atomic E-state index is 13.1. The summed E-state index contributed by atoms with van der Waals surface area (Å²) >= 11 is 0. The molecule has 0 aliphatic heterocycles. The van der Waals surface area contributed by atoms with E-state index in [-0.39, 0.29) is 5.75 Å². The van der Waals surface area contributed by atoms with Crippen molar-refractivity contribution in [1.82, 2.24) is 9.97 Å². The number of alkyl halides is 2. The lowest BCUT2D eigenvalue weighted by Crippen LogP contribution is -2.24. The van der Waals surface area contributed by atoms with Gasteiger partial charge in [-0.1, -0.05) is 42.5 Å². The van der Waals surface area contributed by atoms with E-state index in [2.05, 4.69) is 22.6 Å². The molecular weight excluding hydrogens is 361 g/mol. The number of imidazole rings is 1. The molecule has 0 aliphatic rings. The SMILES string of the molecule is [B]C(F)(F)Oc1ccccc1-c1ccc(-c2nc(-c3ccccc3)c(C)[nH]2)o1. The summed E-state index contributed by atoms with van der Waals surface area (Å²) in [6, 6.07) is 15.7. The highest BCUT2D eigenvalue weighted by molar-refractivity contribution is 6.12. The second kappa shape index (κ2) is 7.00. The summed E-state index contributed by atoms with van der Waals surface area (Å²) in [5, 5.41) is 0. The number of furan rings is 1. The van der Waals surface area contributed by atoms with Crippen molar-refractivity contribution < 1.29 is 17.9 Å². The van der Waals surface area contributed by atoms with Gasteiger partial charge in [0, 0.05) is 11.3 Å². The Balaban J connectivity index is 1.68. The summed E-state index contributed by atoms with van der Waals surface area (Å²) in [5.74, 6) is 1.32. The Labute approximate surface area is 161 Å². The van der Waals surface area contributed by atoms with Crippen LogP contribution >= 0.6 is 0 Å². The molecule has 0 bridgehead atoms. The van der Waals surface area contributed by atoms with Gasteiger partial charge in [-0.05, 0) is 31.2 Å². The summed E-state index contributed by atoms with van der Waals surface area (Å²) < 4.78 is 36.6. The topological polar surface area (TPSA) is 51.0 Å². The first-order valence-corrected chi connectivity index (χ1v) is 8.58. The molecule has 2 radical (unpaired) electrons. The minimum atomic E-state index is -3.78. The Morgan fingerprint density at radius 2 is 1.64 bits per heavy atom. The highest BCUT2D eigenvalue weighted by atomic mass is 19.3. The zero-order valence-electron chi connectivity index (χ0n) is 14.9. The number of rotatable bonds is 5. The molecule has 0 unspecified atom stereocenters. The highest BCUT2D eigenvalue weighted by Gasteiger charge is 2.24. The zero-order chi connectivity index (χ0) is 19.7. The molecule has 4 nitrogen and oxygen atoms in total. The molecule has 1 N–H and O–H groups in total. The van der Waals surface area contributed by atoms with Gasteiger partial charge in [-0.25, -0.2) is 4.98 Å². The van der Waals surface area contributed by atoms with Crippen molar-refractivity contribution in [1.29, 1.82) is 0 Å². The van der Waals surface area contributed by atoms with E-state index in [4.69, 9.17) is 4.42 Å². The van der Waals surface area contributed by atoms with Gasteiger partial charge >= 0.3 is 6.01 Å². The number of nitrogens with zero attached hydrogens (tertiary/aromatic N) is 1. The first-order chi connectivity index (χ1) is 13.4. The number of halogens is 2. The van der Waals surface area contributed by atoms with Crippen LogP contribution in [0.25, 0.3) is 34.2 Å². The minimum Gasteiger partial charge on any atom is -0.453 e. The molecule has 0 saturated heterocycles. The maximum Gasteiger partial charge on any atom is 0.335 e. The normalized spacial score (nSPS) is 11.5. The number of nitrogens with one attached hydrogen (secondary N) is 1. The van der Waals surface area contributed by atoms with Crippen molar-refractivity contribution in [2.24, 2.45) is 0 Å². The predicted octanol–water partition coefficient (Wildman–Crippen LogP) is 5.41. The van der Waals surface area contributed by atoms with Crippen LogP contribution in [0.3, 0.4) is 0 Å². The lowest BCUT2D eigenvalue weighted by Gasteiger charge is -2.16. The van der Waals surface area contributed by atoms with E-state index in [1.165, 1.54) is 6.07 Å². The molecule has 7 heteroatoms. The van der Waals surface area contributed by atoms with Gasteiger partial charge in [0.1, 0.15) is 11.5 Å². The summed E-state index contributed by atoms with van der Waals surface area (Å²) in [7, 11) is 4.68. The van der Waals surface area contributed by atoms with Gasteiger partial charge in [-0.2, -0.15) is 8.78 Å². The highest BCUT2D eigenvalue weighted by Crippen LogP contribution is 2.36. The van der Waals surface area contributed by atoms with Crippen molar-refractivity contribution >= 4 is 7.85 Å². The van der Waals surface area contributed by atoms with Crippen molar-refractivity contribution in [3.63, 3.8) is 0 Å². The Morgan fingerprint density at radius 3 is 2.39 bits per heavy atom. The molecule has 4 rings (SSSR count). The fourth-order valence-electron chi connectivity index (χ4n) is 2.97. The maximum atomic E-state index is 13.1. The molecule has 4 aromatic rings. The fourth-order valence-corrected chi connectivity index (χ4v) is 2.97. The Morgan fingerprint density at radius 1 is 0.964 bits per heavy atom. The van der Waals surface area contributed by atoms with Crippen molar-refractivity contribution in [2.75, 3.05) is 0 Å². The van der Waals surface area contributed by atoms with Gasteiger partial charge in [-0.15, -0.1) is 0 Å². The monoisotopic (exact) mass is 376 g/mol. The van der Waals surface area contributed by atoms with Crippen LogP contribution in [-0.2, 0) is 0 Å². The van der Waals surface area contributed by atoms with E-state index in [1.807, 2.05) is 37.3 Å². The quantitative estimate of drug-likeness (QED) is 0.474. The number of aromatic amines is 1. The molecule has 0 atom stereocenters. The largest absolute Gasteiger partial charge is 0.453 e. The first kappa shape index (κ1) is 18.0. The second-order valence-corrected chi connectivity index (χ2v) is 6.25. The van der Waals surface area contributed by atoms with Crippen LogP contribution in [0, 0.1) is 6.92 Å². The Bertz CT molecular complexity index is 1100. The van der Waals surface area contributed by atoms with Crippen molar-refractivity contribution in [2.45, 2.75) is 12.9 Å². The van der Waals surface area contributed by atoms with Crippen molar-refractivity contribution in [3.8, 4) is 39.9 Å². The van der Waals surface area contributed by atoms with Crippen LogP contribution in [-0.4, -0.2) is 23.8 Å². The van der Waals surface area contributed by atoms with Crippen LogP contribution in [0.2, 0.25) is 0 Å². The van der Waals surface area contributed by atoms with Crippen molar-refractivity contribution in [3.05, 3.63) is 72.4 Å².